The summed E-state index contributed by atoms with van der Waals surface area (Å²) < 4.78 is 0. The molecule has 54 valence electrons. The van der Waals surface area contributed by atoms with Crippen LogP contribution in [0, 0.1) is 0 Å². The Morgan fingerprint density at radius 3 is 2.44 bits per heavy atom. The molecule has 0 aliphatic heterocycles. The van der Waals surface area contributed by atoms with Crippen LogP contribution in [0.25, 0.3) is 0 Å². The molecule has 0 bridgehead atoms. The molecule has 0 radical (unpaired) electrons. The fourth-order valence-corrected chi connectivity index (χ4v) is 0.197. The van der Waals surface area contributed by atoms with Crippen LogP contribution in [0.15, 0.2) is 17.9 Å². The fraction of sp³-hybridized carbons (Fsp3) is 0.571. The molecule has 9 heavy (non-hydrogen) atoms. The maximum Gasteiger partial charge on any atom is 0.0243 e. The Hall–Kier alpha value is -0.790. The third kappa shape index (κ3) is 19.0. The molecular formula is C7H16N2. The summed E-state index contributed by atoms with van der Waals surface area (Å²) in [6.45, 7) is 9.43. The van der Waals surface area contributed by atoms with Gasteiger partial charge in [0.15, 0.2) is 0 Å². The third-order valence-corrected chi connectivity index (χ3v) is 0.440. The first-order valence-corrected chi connectivity index (χ1v) is 3.29. The molecule has 0 aliphatic carbocycles. The van der Waals surface area contributed by atoms with Crippen molar-refractivity contribution < 1.29 is 0 Å². The van der Waals surface area contributed by atoms with Gasteiger partial charge in [-0.25, -0.2) is 0 Å². The lowest BCUT2D eigenvalue weighted by atomic mass is 10.6. The van der Waals surface area contributed by atoms with E-state index in [1.54, 1.807) is 6.21 Å². The largest absolute Gasteiger partial charge is 0.287 e. The molecule has 0 saturated carbocycles. The standard InChI is InChI=1S/C5H10N2.C2H6/c1-3-5-7-6-4-2;1-2/h4-6H,2-3H2,1H3;1-2H3/b7-5-;. The molecule has 0 spiro atoms. The number of hydrogen-bond donors (Lipinski definition) is 1. The summed E-state index contributed by atoms with van der Waals surface area (Å²) >= 11 is 0. The molecule has 0 unspecified atom stereocenters. The van der Waals surface area contributed by atoms with E-state index in [0.717, 1.165) is 6.42 Å². The molecule has 0 amide bonds. The topological polar surface area (TPSA) is 24.4 Å². The highest BCUT2D eigenvalue weighted by Gasteiger charge is 1.60. The Balaban J connectivity index is 0. The van der Waals surface area contributed by atoms with Gasteiger partial charge in [0.25, 0.3) is 0 Å². The SMILES string of the molecule is C=CN/N=C\CC.CC. The van der Waals surface area contributed by atoms with E-state index >= 15 is 0 Å². The van der Waals surface area contributed by atoms with Gasteiger partial charge in [-0.1, -0.05) is 27.4 Å². The maximum absolute atomic E-state index is 3.72. The van der Waals surface area contributed by atoms with E-state index in [9.17, 15) is 0 Å². The molecule has 0 atom stereocenters. The van der Waals surface area contributed by atoms with E-state index in [-0.39, 0.29) is 0 Å². The Labute approximate surface area is 57.7 Å². The van der Waals surface area contributed by atoms with Crippen LogP contribution in [0.4, 0.5) is 0 Å². The number of hydrazone groups is 1. The van der Waals surface area contributed by atoms with Crippen molar-refractivity contribution in [3.63, 3.8) is 0 Å². The van der Waals surface area contributed by atoms with E-state index in [2.05, 4.69) is 17.1 Å². The van der Waals surface area contributed by atoms with Gasteiger partial charge in [-0.2, -0.15) is 5.10 Å². The summed E-state index contributed by atoms with van der Waals surface area (Å²) in [6, 6.07) is 0. The van der Waals surface area contributed by atoms with Crippen LogP contribution in [-0.2, 0) is 0 Å². The third-order valence-electron chi connectivity index (χ3n) is 0.440. The first-order chi connectivity index (χ1) is 4.41. The van der Waals surface area contributed by atoms with Crippen LogP contribution >= 0.6 is 0 Å². The zero-order chi connectivity index (χ0) is 7.54. The van der Waals surface area contributed by atoms with E-state index in [1.807, 2.05) is 20.8 Å². The van der Waals surface area contributed by atoms with Gasteiger partial charge >= 0.3 is 0 Å². The zero-order valence-electron chi connectivity index (χ0n) is 6.52. The fourth-order valence-electron chi connectivity index (χ4n) is 0.197. The second kappa shape index (κ2) is 15.7. The molecule has 0 aromatic rings. The van der Waals surface area contributed by atoms with E-state index in [4.69, 9.17) is 0 Å². The molecule has 0 aromatic heterocycles. The molecule has 0 aliphatic rings. The van der Waals surface area contributed by atoms with Crippen LogP contribution in [-0.4, -0.2) is 6.21 Å². The summed E-state index contributed by atoms with van der Waals surface area (Å²) in [4.78, 5) is 0. The summed E-state index contributed by atoms with van der Waals surface area (Å²) in [6.07, 6.45) is 4.27. The van der Waals surface area contributed by atoms with Crippen LogP contribution in [0.3, 0.4) is 0 Å². The monoisotopic (exact) mass is 128 g/mol. The molecule has 2 heteroatoms. The van der Waals surface area contributed by atoms with E-state index < -0.39 is 0 Å². The lowest BCUT2D eigenvalue weighted by Crippen LogP contribution is -1.90. The Kier molecular flexibility index (Phi) is 19.3. The smallest absolute Gasteiger partial charge is 0.0243 e. The van der Waals surface area contributed by atoms with Crippen LogP contribution in [0.5, 0.6) is 0 Å². The molecule has 0 heterocycles. The number of hydrogen-bond acceptors (Lipinski definition) is 2. The van der Waals surface area contributed by atoms with Crippen molar-refractivity contribution in [2.45, 2.75) is 27.2 Å². The highest BCUT2D eigenvalue weighted by Crippen LogP contribution is 1.63. The van der Waals surface area contributed by atoms with Crippen molar-refractivity contribution in [2.75, 3.05) is 0 Å². The van der Waals surface area contributed by atoms with Gasteiger partial charge in [0.05, 0.1) is 0 Å². The Bertz CT molecular complexity index is 67.3. The van der Waals surface area contributed by atoms with Gasteiger partial charge in [-0.3, -0.25) is 5.43 Å². The van der Waals surface area contributed by atoms with Gasteiger partial charge in [0.1, 0.15) is 0 Å². The minimum absolute atomic E-state index is 0.959. The molecule has 0 fully saturated rings. The average molecular weight is 128 g/mol. The number of rotatable bonds is 3. The number of nitrogens with zero attached hydrogens (tertiary/aromatic N) is 1. The van der Waals surface area contributed by atoms with Crippen LogP contribution in [0.1, 0.15) is 27.2 Å². The summed E-state index contributed by atoms with van der Waals surface area (Å²) in [5.74, 6) is 0. The highest BCUT2D eigenvalue weighted by molar-refractivity contribution is 5.56. The highest BCUT2D eigenvalue weighted by atomic mass is 15.3. The normalized spacial score (nSPS) is 7.89. The molecule has 2 nitrogen and oxygen atoms in total. The molecule has 0 rings (SSSR count). The molecular weight excluding hydrogens is 112 g/mol. The second-order valence-corrected chi connectivity index (χ2v) is 1.05. The van der Waals surface area contributed by atoms with Crippen molar-refractivity contribution >= 4 is 6.21 Å². The second-order valence-electron chi connectivity index (χ2n) is 1.05. The predicted molar refractivity (Wildman–Crippen MR) is 43.5 cm³/mol. The lowest BCUT2D eigenvalue weighted by Gasteiger charge is -1.81. The minimum Gasteiger partial charge on any atom is -0.287 e. The lowest BCUT2D eigenvalue weighted by molar-refractivity contribution is 0.970. The van der Waals surface area contributed by atoms with Crippen molar-refractivity contribution in [3.8, 4) is 0 Å². The van der Waals surface area contributed by atoms with Gasteiger partial charge in [0, 0.05) is 12.4 Å². The Morgan fingerprint density at radius 1 is 1.56 bits per heavy atom. The summed E-state index contributed by atoms with van der Waals surface area (Å²) in [5.41, 5.74) is 2.58. The van der Waals surface area contributed by atoms with Crippen molar-refractivity contribution in [1.29, 1.82) is 0 Å². The minimum atomic E-state index is 0.959. The number of nitrogens with one attached hydrogen (secondary N) is 1. The van der Waals surface area contributed by atoms with Gasteiger partial charge in [-0.05, 0) is 6.42 Å². The Morgan fingerprint density at radius 2 is 2.11 bits per heavy atom. The summed E-state index contributed by atoms with van der Waals surface area (Å²) in [7, 11) is 0. The average Bonchev–Trinajstić information content (AvgIpc) is 1.94. The summed E-state index contributed by atoms with van der Waals surface area (Å²) in [5, 5.41) is 3.72. The van der Waals surface area contributed by atoms with Gasteiger partial charge < -0.3 is 0 Å². The molecule has 0 aromatic carbocycles. The maximum atomic E-state index is 3.72. The zero-order valence-corrected chi connectivity index (χ0v) is 6.52. The molecule has 0 saturated heterocycles. The predicted octanol–water partition coefficient (Wildman–Crippen LogP) is 2.14. The molecule has 1 N–H and O–H groups in total. The van der Waals surface area contributed by atoms with Crippen molar-refractivity contribution in [2.24, 2.45) is 5.10 Å². The van der Waals surface area contributed by atoms with Gasteiger partial charge in [-0.15, -0.1) is 0 Å². The van der Waals surface area contributed by atoms with Crippen LogP contribution in [0.2, 0.25) is 0 Å². The van der Waals surface area contributed by atoms with E-state index in [1.165, 1.54) is 6.20 Å². The van der Waals surface area contributed by atoms with Gasteiger partial charge in [0.2, 0.25) is 0 Å². The van der Waals surface area contributed by atoms with Crippen molar-refractivity contribution in [1.82, 2.24) is 5.43 Å². The first-order valence-electron chi connectivity index (χ1n) is 3.29. The van der Waals surface area contributed by atoms with Crippen molar-refractivity contribution in [3.05, 3.63) is 12.8 Å². The quantitative estimate of drug-likeness (QED) is 0.457. The van der Waals surface area contributed by atoms with E-state index in [0.29, 0.717) is 0 Å². The first kappa shape index (κ1) is 11.1. The van der Waals surface area contributed by atoms with Crippen LogP contribution < -0.4 is 5.43 Å².